The second-order valence-electron chi connectivity index (χ2n) is 3.61. The van der Waals surface area contributed by atoms with Gasteiger partial charge in [0.1, 0.15) is 11.9 Å². The number of alkyl halides is 2. The molecule has 2 N–H and O–H groups in total. The first kappa shape index (κ1) is 16.5. The first-order valence-electron chi connectivity index (χ1n) is 5.45. The summed E-state index contributed by atoms with van der Waals surface area (Å²) in [7, 11) is 1.57. The third-order valence-electron chi connectivity index (χ3n) is 2.28. The number of carbonyl (C=O) groups excluding carboxylic acids is 2. The first-order valence-corrected chi connectivity index (χ1v) is 8.50. The van der Waals surface area contributed by atoms with Gasteiger partial charge in [-0.05, 0) is 17.7 Å². The molecule has 19 heavy (non-hydrogen) atoms. The average molecular weight is 488 g/mol. The fourth-order valence-electron chi connectivity index (χ4n) is 1.42. The summed E-state index contributed by atoms with van der Waals surface area (Å²) in [6.07, 6.45) is -0.542. The minimum atomic E-state index is -0.542. The van der Waals surface area contributed by atoms with Crippen molar-refractivity contribution in [2.75, 3.05) is 16.0 Å². The number of amides is 2. The molecule has 104 valence electrons. The molecule has 0 saturated heterocycles. The number of halogens is 2. The highest BCUT2D eigenvalue weighted by Crippen LogP contribution is 2.17. The van der Waals surface area contributed by atoms with E-state index in [1.54, 1.807) is 19.2 Å². The second kappa shape index (κ2) is 8.56. The summed E-state index contributed by atoms with van der Waals surface area (Å²) in [5, 5.41) is 5.52. The first-order chi connectivity index (χ1) is 9.10. The molecule has 1 aromatic carbocycles. The predicted octanol–water partition coefficient (Wildman–Crippen LogP) is 1.80. The zero-order valence-corrected chi connectivity index (χ0v) is 14.6. The smallest absolute Gasteiger partial charge is 0.231 e. The van der Waals surface area contributed by atoms with Gasteiger partial charge in [-0.2, -0.15) is 0 Å². The van der Waals surface area contributed by atoms with Gasteiger partial charge in [0.25, 0.3) is 0 Å². The van der Waals surface area contributed by atoms with Gasteiger partial charge in [-0.3, -0.25) is 9.59 Å². The number of rotatable bonds is 6. The van der Waals surface area contributed by atoms with Crippen LogP contribution in [-0.4, -0.2) is 27.8 Å². The third kappa shape index (κ3) is 5.51. The largest absolute Gasteiger partial charge is 0.497 e. The van der Waals surface area contributed by atoms with Gasteiger partial charge >= 0.3 is 0 Å². The van der Waals surface area contributed by atoms with Crippen molar-refractivity contribution in [3.63, 3.8) is 0 Å². The van der Waals surface area contributed by atoms with Gasteiger partial charge < -0.3 is 15.4 Å². The van der Waals surface area contributed by atoms with Gasteiger partial charge in [-0.15, -0.1) is 0 Å². The second-order valence-corrected chi connectivity index (χ2v) is 5.14. The summed E-state index contributed by atoms with van der Waals surface area (Å²) in [6.45, 7) is 0. The standard InChI is InChI=1S/C12H14I2N2O3/c1-19-9-4-2-3-8(5-9)12(15-10(17)6-13)16-11(18)7-14/h2-5,12H,6-7H2,1H3,(H,15,17)(H,16,18). The van der Waals surface area contributed by atoms with Crippen LogP contribution >= 0.6 is 45.2 Å². The number of benzene rings is 1. The maximum atomic E-state index is 11.5. The molecule has 0 atom stereocenters. The van der Waals surface area contributed by atoms with Crippen molar-refractivity contribution in [3.05, 3.63) is 29.8 Å². The molecule has 0 radical (unpaired) electrons. The van der Waals surface area contributed by atoms with Crippen molar-refractivity contribution >= 4 is 57.0 Å². The maximum Gasteiger partial charge on any atom is 0.231 e. The van der Waals surface area contributed by atoms with Gasteiger partial charge in [-0.1, -0.05) is 57.3 Å². The number of carbonyl (C=O) groups is 2. The van der Waals surface area contributed by atoms with Crippen LogP contribution in [0.2, 0.25) is 0 Å². The van der Waals surface area contributed by atoms with Crippen molar-refractivity contribution in [1.82, 2.24) is 10.6 Å². The zero-order chi connectivity index (χ0) is 14.3. The molecule has 0 bridgehead atoms. The highest BCUT2D eigenvalue weighted by molar-refractivity contribution is 14.1. The highest BCUT2D eigenvalue weighted by Gasteiger charge is 2.16. The summed E-state index contributed by atoms with van der Waals surface area (Å²) in [5.74, 6) is 0.402. The van der Waals surface area contributed by atoms with Gasteiger partial charge in [0.15, 0.2) is 0 Å². The van der Waals surface area contributed by atoms with Crippen LogP contribution < -0.4 is 15.4 Å². The summed E-state index contributed by atoms with van der Waals surface area (Å²) in [5.41, 5.74) is 0.774. The molecule has 7 heteroatoms. The Labute approximate surface area is 139 Å². The van der Waals surface area contributed by atoms with Crippen LogP contribution in [0, 0.1) is 0 Å². The Kier molecular flexibility index (Phi) is 7.42. The Hall–Kier alpha value is -0.580. The van der Waals surface area contributed by atoms with Crippen LogP contribution in [-0.2, 0) is 9.59 Å². The lowest BCUT2D eigenvalue weighted by Gasteiger charge is -2.20. The Bertz CT molecular complexity index is 436. The summed E-state index contributed by atoms with van der Waals surface area (Å²) < 4.78 is 5.80. The fourth-order valence-corrected chi connectivity index (χ4v) is 1.86. The Balaban J connectivity index is 2.92. The quantitative estimate of drug-likeness (QED) is 0.365. The van der Waals surface area contributed by atoms with Crippen molar-refractivity contribution in [3.8, 4) is 5.75 Å². The molecule has 0 spiro atoms. The van der Waals surface area contributed by atoms with Crippen molar-refractivity contribution in [1.29, 1.82) is 0 Å². The molecule has 0 aliphatic heterocycles. The van der Waals surface area contributed by atoms with E-state index in [-0.39, 0.29) is 11.8 Å². The van der Waals surface area contributed by atoms with Crippen molar-refractivity contribution in [2.45, 2.75) is 6.17 Å². The molecule has 5 nitrogen and oxygen atoms in total. The van der Waals surface area contributed by atoms with Gasteiger partial charge in [0, 0.05) is 0 Å². The lowest BCUT2D eigenvalue weighted by Crippen LogP contribution is -2.41. The number of nitrogens with one attached hydrogen (secondary N) is 2. The molecular formula is C12H14I2N2O3. The van der Waals surface area contributed by atoms with Crippen molar-refractivity contribution < 1.29 is 14.3 Å². The number of hydrogen-bond donors (Lipinski definition) is 2. The Morgan fingerprint density at radius 2 is 1.79 bits per heavy atom. The minimum Gasteiger partial charge on any atom is -0.497 e. The molecule has 1 aromatic rings. The highest BCUT2D eigenvalue weighted by atomic mass is 127. The topological polar surface area (TPSA) is 67.4 Å². The van der Waals surface area contributed by atoms with Gasteiger partial charge in [0.05, 0.1) is 16.0 Å². The van der Waals surface area contributed by atoms with Crippen LogP contribution in [0.4, 0.5) is 0 Å². The SMILES string of the molecule is COc1cccc(C(NC(=O)CI)NC(=O)CI)c1. The minimum absolute atomic E-state index is 0.137. The molecular weight excluding hydrogens is 474 g/mol. The lowest BCUT2D eigenvalue weighted by atomic mass is 10.1. The molecule has 2 amide bonds. The van der Waals surface area contributed by atoms with Crippen LogP contribution in [0.1, 0.15) is 11.7 Å². The Morgan fingerprint density at radius 3 is 2.26 bits per heavy atom. The predicted molar refractivity (Wildman–Crippen MR) is 89.8 cm³/mol. The molecule has 0 heterocycles. The third-order valence-corrected chi connectivity index (χ3v) is 3.67. The summed E-state index contributed by atoms with van der Waals surface area (Å²) in [4.78, 5) is 23.0. The van der Waals surface area contributed by atoms with E-state index in [1.807, 2.05) is 57.3 Å². The lowest BCUT2D eigenvalue weighted by molar-refractivity contribution is -0.121. The number of methoxy groups -OCH3 is 1. The van der Waals surface area contributed by atoms with Crippen LogP contribution in [0.25, 0.3) is 0 Å². The van der Waals surface area contributed by atoms with E-state index in [1.165, 1.54) is 0 Å². The Morgan fingerprint density at radius 1 is 1.21 bits per heavy atom. The van der Waals surface area contributed by atoms with Crippen LogP contribution in [0.15, 0.2) is 24.3 Å². The van der Waals surface area contributed by atoms with E-state index >= 15 is 0 Å². The van der Waals surface area contributed by atoms with Crippen LogP contribution in [0.5, 0.6) is 5.75 Å². The van der Waals surface area contributed by atoms with E-state index in [2.05, 4.69) is 10.6 Å². The molecule has 1 rings (SSSR count). The van der Waals surface area contributed by atoms with Crippen LogP contribution in [0.3, 0.4) is 0 Å². The monoisotopic (exact) mass is 488 g/mol. The molecule has 0 aliphatic rings. The average Bonchev–Trinajstić information content (AvgIpc) is 2.46. The van der Waals surface area contributed by atoms with E-state index in [0.29, 0.717) is 14.6 Å². The summed E-state index contributed by atoms with van der Waals surface area (Å²) in [6, 6.07) is 7.23. The van der Waals surface area contributed by atoms with E-state index in [4.69, 9.17) is 4.74 Å². The fraction of sp³-hybridized carbons (Fsp3) is 0.333. The van der Waals surface area contributed by atoms with E-state index < -0.39 is 6.17 Å². The number of hydrogen-bond acceptors (Lipinski definition) is 3. The van der Waals surface area contributed by atoms with Gasteiger partial charge in [-0.25, -0.2) is 0 Å². The van der Waals surface area contributed by atoms with Gasteiger partial charge in [0.2, 0.25) is 11.8 Å². The molecule has 0 unspecified atom stereocenters. The molecule has 0 fully saturated rings. The van der Waals surface area contributed by atoms with Crippen molar-refractivity contribution in [2.24, 2.45) is 0 Å². The molecule has 0 aliphatic carbocycles. The molecule has 0 aromatic heterocycles. The normalized spacial score (nSPS) is 10.1. The van der Waals surface area contributed by atoms with E-state index in [0.717, 1.165) is 5.56 Å². The summed E-state index contributed by atoms with van der Waals surface area (Å²) >= 11 is 3.94. The molecule has 0 saturated carbocycles. The number of ether oxygens (including phenoxy) is 1. The zero-order valence-electron chi connectivity index (χ0n) is 10.3. The van der Waals surface area contributed by atoms with E-state index in [9.17, 15) is 9.59 Å². The maximum absolute atomic E-state index is 11.5.